The van der Waals surface area contributed by atoms with Gasteiger partial charge in [-0.3, -0.25) is 9.69 Å². The third-order valence-electron chi connectivity index (χ3n) is 3.40. The molecule has 3 nitrogen and oxygen atoms in total. The van der Waals surface area contributed by atoms with E-state index in [0.717, 1.165) is 5.56 Å². The molecule has 0 radical (unpaired) electrons. The topological polar surface area (TPSA) is 40.5 Å². The molecule has 0 saturated carbocycles. The molecular formula is C17H18FNO2. The minimum atomic E-state index is -0.974. The largest absolute Gasteiger partial charge is 0.480 e. The monoisotopic (exact) mass is 287 g/mol. The number of halogens is 1. The molecule has 0 amide bonds. The van der Waals surface area contributed by atoms with Crippen molar-refractivity contribution in [2.45, 2.75) is 19.5 Å². The Morgan fingerprint density at radius 2 is 1.90 bits per heavy atom. The summed E-state index contributed by atoms with van der Waals surface area (Å²) in [5, 5.41) is 9.53. The summed E-state index contributed by atoms with van der Waals surface area (Å²) < 4.78 is 13.4. The number of rotatable bonds is 6. The third-order valence-corrected chi connectivity index (χ3v) is 3.40. The molecule has 1 N–H and O–H groups in total. The van der Waals surface area contributed by atoms with Gasteiger partial charge in [0.2, 0.25) is 0 Å². The fourth-order valence-electron chi connectivity index (χ4n) is 2.39. The molecule has 4 heteroatoms. The van der Waals surface area contributed by atoms with Gasteiger partial charge in [-0.25, -0.2) is 4.39 Å². The van der Waals surface area contributed by atoms with Crippen molar-refractivity contribution in [1.82, 2.24) is 4.90 Å². The zero-order chi connectivity index (χ0) is 15.2. The quantitative estimate of drug-likeness (QED) is 0.884. The Kier molecular flexibility index (Phi) is 5.06. The highest BCUT2D eigenvalue weighted by Gasteiger charge is 2.26. The highest BCUT2D eigenvalue weighted by atomic mass is 19.1. The predicted molar refractivity (Wildman–Crippen MR) is 79.3 cm³/mol. The second kappa shape index (κ2) is 6.99. The van der Waals surface area contributed by atoms with Crippen molar-refractivity contribution in [3.8, 4) is 0 Å². The van der Waals surface area contributed by atoms with E-state index in [4.69, 9.17) is 0 Å². The van der Waals surface area contributed by atoms with E-state index in [9.17, 15) is 14.3 Å². The lowest BCUT2D eigenvalue weighted by Gasteiger charge is -2.28. The van der Waals surface area contributed by atoms with Gasteiger partial charge in [0.15, 0.2) is 0 Å². The highest BCUT2D eigenvalue weighted by molar-refractivity contribution is 5.75. The normalized spacial score (nSPS) is 12.3. The first-order valence-electron chi connectivity index (χ1n) is 6.88. The molecule has 0 spiro atoms. The number of carboxylic acids is 1. The summed E-state index contributed by atoms with van der Waals surface area (Å²) in [6.45, 7) is 2.96. The van der Waals surface area contributed by atoms with E-state index in [1.54, 1.807) is 6.07 Å². The van der Waals surface area contributed by atoms with E-state index in [1.807, 2.05) is 42.2 Å². The molecular weight excluding hydrogens is 269 g/mol. The van der Waals surface area contributed by atoms with Crippen LogP contribution in [0.4, 0.5) is 4.39 Å². The molecule has 2 aromatic carbocycles. The summed E-state index contributed by atoms with van der Waals surface area (Å²) in [4.78, 5) is 13.4. The molecule has 1 atom stereocenters. The van der Waals surface area contributed by atoms with Gasteiger partial charge in [0.1, 0.15) is 11.9 Å². The summed E-state index contributed by atoms with van der Waals surface area (Å²) in [7, 11) is 0. The van der Waals surface area contributed by atoms with Crippen molar-refractivity contribution in [3.05, 3.63) is 71.5 Å². The second-order valence-electron chi connectivity index (χ2n) is 4.84. The highest BCUT2D eigenvalue weighted by Crippen LogP contribution is 2.23. The van der Waals surface area contributed by atoms with E-state index in [-0.39, 0.29) is 0 Å². The molecule has 0 aliphatic carbocycles. The fraction of sp³-hybridized carbons (Fsp3) is 0.235. The lowest BCUT2D eigenvalue weighted by Crippen LogP contribution is -2.33. The lowest BCUT2D eigenvalue weighted by atomic mass is 10.0. The second-order valence-corrected chi connectivity index (χ2v) is 4.84. The van der Waals surface area contributed by atoms with Crippen LogP contribution in [0.3, 0.4) is 0 Å². The van der Waals surface area contributed by atoms with E-state index in [1.165, 1.54) is 18.2 Å². The molecule has 2 aromatic rings. The molecule has 21 heavy (non-hydrogen) atoms. The van der Waals surface area contributed by atoms with Crippen molar-refractivity contribution < 1.29 is 14.3 Å². The molecule has 0 heterocycles. The SMILES string of the molecule is CCN(Cc1ccccc1)C(C(=O)O)c1cccc(F)c1. The Labute approximate surface area is 123 Å². The van der Waals surface area contributed by atoms with Crippen LogP contribution in [-0.4, -0.2) is 22.5 Å². The fourth-order valence-corrected chi connectivity index (χ4v) is 2.39. The summed E-state index contributed by atoms with van der Waals surface area (Å²) in [5.74, 6) is -1.40. The van der Waals surface area contributed by atoms with Crippen molar-refractivity contribution >= 4 is 5.97 Å². The number of hydrogen-bond donors (Lipinski definition) is 1. The lowest BCUT2D eigenvalue weighted by molar-refractivity contribution is -0.143. The van der Waals surface area contributed by atoms with Crippen molar-refractivity contribution in [1.29, 1.82) is 0 Å². The Bertz CT molecular complexity index is 601. The Hall–Kier alpha value is -2.20. The van der Waals surface area contributed by atoms with Crippen LogP contribution in [0, 0.1) is 5.82 Å². The third kappa shape index (κ3) is 3.89. The summed E-state index contributed by atoms with van der Waals surface area (Å²) in [6.07, 6.45) is 0. The van der Waals surface area contributed by atoms with Gasteiger partial charge < -0.3 is 5.11 Å². The van der Waals surface area contributed by atoms with Gasteiger partial charge >= 0.3 is 5.97 Å². The first-order valence-corrected chi connectivity index (χ1v) is 6.88. The number of benzene rings is 2. The molecule has 0 fully saturated rings. The Morgan fingerprint density at radius 1 is 1.19 bits per heavy atom. The Morgan fingerprint density at radius 3 is 2.48 bits per heavy atom. The van der Waals surface area contributed by atoms with Crippen LogP contribution >= 0.6 is 0 Å². The first-order chi connectivity index (χ1) is 10.1. The molecule has 0 aromatic heterocycles. The van der Waals surface area contributed by atoms with Gasteiger partial charge in [-0.15, -0.1) is 0 Å². The molecule has 0 aliphatic rings. The van der Waals surface area contributed by atoms with E-state index < -0.39 is 17.8 Å². The maximum absolute atomic E-state index is 13.4. The number of likely N-dealkylation sites (N-methyl/N-ethyl adjacent to an activating group) is 1. The van der Waals surface area contributed by atoms with Gasteiger partial charge in [0.05, 0.1) is 0 Å². The number of hydrogen-bond acceptors (Lipinski definition) is 2. The summed E-state index contributed by atoms with van der Waals surface area (Å²) in [5.41, 5.74) is 1.49. The Balaban J connectivity index is 2.29. The van der Waals surface area contributed by atoms with Crippen LogP contribution in [-0.2, 0) is 11.3 Å². The standard InChI is InChI=1S/C17H18FNO2/c1-2-19(12-13-7-4-3-5-8-13)16(17(20)21)14-9-6-10-15(18)11-14/h3-11,16H,2,12H2,1H3,(H,20,21). The molecule has 2 rings (SSSR count). The van der Waals surface area contributed by atoms with Crippen LogP contribution in [0.5, 0.6) is 0 Å². The predicted octanol–water partition coefficient (Wildman–Crippen LogP) is 3.47. The molecule has 1 unspecified atom stereocenters. The van der Waals surface area contributed by atoms with Gasteiger partial charge in [-0.05, 0) is 29.8 Å². The smallest absolute Gasteiger partial charge is 0.325 e. The van der Waals surface area contributed by atoms with Gasteiger partial charge in [0.25, 0.3) is 0 Å². The molecule has 110 valence electrons. The molecule has 0 aliphatic heterocycles. The van der Waals surface area contributed by atoms with Crippen LogP contribution in [0.15, 0.2) is 54.6 Å². The van der Waals surface area contributed by atoms with Crippen molar-refractivity contribution in [2.75, 3.05) is 6.54 Å². The average molecular weight is 287 g/mol. The van der Waals surface area contributed by atoms with E-state index in [2.05, 4.69) is 0 Å². The van der Waals surface area contributed by atoms with Crippen LogP contribution in [0.1, 0.15) is 24.1 Å². The zero-order valence-corrected chi connectivity index (χ0v) is 11.9. The van der Waals surface area contributed by atoms with E-state index >= 15 is 0 Å². The number of aliphatic carboxylic acids is 1. The summed E-state index contributed by atoms with van der Waals surface area (Å²) >= 11 is 0. The van der Waals surface area contributed by atoms with Crippen LogP contribution in [0.2, 0.25) is 0 Å². The van der Waals surface area contributed by atoms with Crippen LogP contribution < -0.4 is 0 Å². The maximum Gasteiger partial charge on any atom is 0.325 e. The average Bonchev–Trinajstić information content (AvgIpc) is 2.47. The molecule has 0 bridgehead atoms. The van der Waals surface area contributed by atoms with Crippen molar-refractivity contribution in [2.24, 2.45) is 0 Å². The minimum absolute atomic E-state index is 0.422. The minimum Gasteiger partial charge on any atom is -0.480 e. The number of nitrogens with zero attached hydrogens (tertiary/aromatic N) is 1. The zero-order valence-electron chi connectivity index (χ0n) is 11.9. The maximum atomic E-state index is 13.4. The summed E-state index contributed by atoms with van der Waals surface area (Å²) in [6, 6.07) is 14.6. The van der Waals surface area contributed by atoms with Gasteiger partial charge in [-0.1, -0.05) is 49.4 Å². The molecule has 0 saturated heterocycles. The van der Waals surface area contributed by atoms with Crippen molar-refractivity contribution in [3.63, 3.8) is 0 Å². The number of carboxylic acid groups (broad SMARTS) is 1. The van der Waals surface area contributed by atoms with Crippen LogP contribution in [0.25, 0.3) is 0 Å². The van der Waals surface area contributed by atoms with E-state index in [0.29, 0.717) is 18.7 Å². The number of carbonyl (C=O) groups is 1. The van der Waals surface area contributed by atoms with Gasteiger partial charge in [-0.2, -0.15) is 0 Å². The van der Waals surface area contributed by atoms with Gasteiger partial charge in [0, 0.05) is 6.54 Å². The first kappa shape index (κ1) is 15.2.